The van der Waals surface area contributed by atoms with Crippen LogP contribution >= 0.6 is 0 Å². The molecular formula is C32H40N2O2. The third-order valence-electron chi connectivity index (χ3n) is 6.45. The van der Waals surface area contributed by atoms with Crippen molar-refractivity contribution in [2.24, 2.45) is 0 Å². The minimum atomic E-state index is -0.591. The summed E-state index contributed by atoms with van der Waals surface area (Å²) in [6.07, 6.45) is 1.47. The maximum Gasteiger partial charge on any atom is 0.243 e. The monoisotopic (exact) mass is 484 g/mol. The molecule has 4 nitrogen and oxygen atoms in total. The van der Waals surface area contributed by atoms with Crippen molar-refractivity contribution < 1.29 is 9.59 Å². The van der Waals surface area contributed by atoms with Gasteiger partial charge in [0.05, 0.1) is 0 Å². The van der Waals surface area contributed by atoms with Crippen molar-refractivity contribution in [1.82, 2.24) is 10.2 Å². The Morgan fingerprint density at radius 2 is 1.39 bits per heavy atom. The molecule has 1 atom stereocenters. The smallest absolute Gasteiger partial charge is 0.243 e. The molecule has 1 N–H and O–H groups in total. The molecule has 4 heteroatoms. The molecule has 0 spiro atoms. The molecule has 0 unspecified atom stereocenters. The molecule has 0 aliphatic rings. The second-order valence-electron chi connectivity index (χ2n) is 10.3. The molecule has 0 radical (unpaired) electrons. The first-order chi connectivity index (χ1) is 17.2. The highest BCUT2D eigenvalue weighted by molar-refractivity contribution is 5.88. The highest BCUT2D eigenvalue weighted by Crippen LogP contribution is 2.19. The second-order valence-corrected chi connectivity index (χ2v) is 10.3. The lowest BCUT2D eigenvalue weighted by Crippen LogP contribution is -2.51. The van der Waals surface area contributed by atoms with Crippen LogP contribution < -0.4 is 5.32 Å². The van der Waals surface area contributed by atoms with Gasteiger partial charge in [-0.2, -0.15) is 0 Å². The van der Waals surface area contributed by atoms with Gasteiger partial charge < -0.3 is 10.2 Å². The fourth-order valence-electron chi connectivity index (χ4n) is 4.29. The zero-order chi connectivity index (χ0) is 26.1. The molecule has 0 bridgehead atoms. The number of hydrogen-bond acceptors (Lipinski definition) is 2. The quantitative estimate of drug-likeness (QED) is 0.351. The summed E-state index contributed by atoms with van der Waals surface area (Å²) in [6.45, 7) is 10.7. The maximum atomic E-state index is 13.7. The zero-order valence-corrected chi connectivity index (χ0v) is 22.3. The molecule has 0 aliphatic heterocycles. The number of nitrogens with zero attached hydrogens (tertiary/aromatic N) is 1. The van der Waals surface area contributed by atoms with Crippen LogP contribution in [0.15, 0.2) is 78.9 Å². The van der Waals surface area contributed by atoms with E-state index in [1.54, 1.807) is 4.90 Å². The topological polar surface area (TPSA) is 49.4 Å². The molecule has 36 heavy (non-hydrogen) atoms. The van der Waals surface area contributed by atoms with E-state index in [1.807, 2.05) is 63.2 Å². The van der Waals surface area contributed by atoms with Crippen LogP contribution in [0.3, 0.4) is 0 Å². The fourth-order valence-corrected chi connectivity index (χ4v) is 4.29. The van der Waals surface area contributed by atoms with Gasteiger partial charge in [-0.25, -0.2) is 0 Å². The number of amides is 2. The van der Waals surface area contributed by atoms with Crippen LogP contribution in [0.25, 0.3) is 0 Å². The lowest BCUT2D eigenvalue weighted by atomic mass is 9.99. The Morgan fingerprint density at radius 1 is 0.778 bits per heavy atom. The van der Waals surface area contributed by atoms with Crippen molar-refractivity contribution in [2.45, 2.75) is 78.4 Å². The summed E-state index contributed by atoms with van der Waals surface area (Å²) in [7, 11) is 0. The zero-order valence-electron chi connectivity index (χ0n) is 22.3. The Bertz CT molecular complexity index is 1100. The van der Waals surface area contributed by atoms with Crippen LogP contribution in [0.4, 0.5) is 0 Å². The van der Waals surface area contributed by atoms with Crippen LogP contribution in [-0.2, 0) is 29.0 Å². The van der Waals surface area contributed by atoms with Crippen molar-refractivity contribution in [2.75, 3.05) is 0 Å². The summed E-state index contributed by atoms with van der Waals surface area (Å²) in [5.74, 6) is 0.350. The second kappa shape index (κ2) is 13.1. The van der Waals surface area contributed by atoms with Gasteiger partial charge in [-0.1, -0.05) is 98.3 Å². The average molecular weight is 485 g/mol. The highest BCUT2D eigenvalue weighted by Gasteiger charge is 2.30. The van der Waals surface area contributed by atoms with Crippen molar-refractivity contribution >= 4 is 11.8 Å². The SMILES string of the molecule is Cc1ccc(CN(C(=O)CCc2ccc(C(C)C)cc2)[C@@H](Cc2ccccc2)C(=O)NC(C)C)cc1. The molecule has 0 fully saturated rings. The predicted molar refractivity (Wildman–Crippen MR) is 148 cm³/mol. The third-order valence-corrected chi connectivity index (χ3v) is 6.45. The normalized spacial score (nSPS) is 12.0. The van der Waals surface area contributed by atoms with E-state index in [1.165, 1.54) is 11.1 Å². The van der Waals surface area contributed by atoms with Gasteiger partial charge in [0.1, 0.15) is 6.04 Å². The molecule has 3 aromatic rings. The number of hydrogen-bond donors (Lipinski definition) is 1. The van der Waals surface area contributed by atoms with E-state index >= 15 is 0 Å². The number of nitrogens with one attached hydrogen (secondary N) is 1. The molecular weight excluding hydrogens is 444 g/mol. The van der Waals surface area contributed by atoms with E-state index in [9.17, 15) is 9.59 Å². The summed E-state index contributed by atoms with van der Waals surface area (Å²) < 4.78 is 0. The van der Waals surface area contributed by atoms with Gasteiger partial charge in [0.25, 0.3) is 0 Å². The first kappa shape index (κ1) is 27.2. The average Bonchev–Trinajstić information content (AvgIpc) is 2.86. The summed E-state index contributed by atoms with van der Waals surface area (Å²) >= 11 is 0. The first-order valence-corrected chi connectivity index (χ1v) is 13.0. The standard InChI is InChI=1S/C32H40N2O2/c1-23(2)29-18-15-26(16-19-29)17-20-31(35)34(22-28-13-11-25(5)12-14-28)30(32(36)33-24(3)4)21-27-9-7-6-8-10-27/h6-16,18-19,23-24,30H,17,20-22H2,1-5H3,(H,33,36)/t30-/m0/s1. The summed E-state index contributed by atoms with van der Waals surface area (Å²) in [5, 5.41) is 3.05. The van der Waals surface area contributed by atoms with E-state index < -0.39 is 6.04 Å². The largest absolute Gasteiger partial charge is 0.352 e. The molecule has 0 saturated heterocycles. The molecule has 3 aromatic carbocycles. The Labute approximate surface area is 216 Å². The van der Waals surface area contributed by atoms with Gasteiger partial charge in [0.2, 0.25) is 11.8 Å². The van der Waals surface area contributed by atoms with Gasteiger partial charge in [-0.15, -0.1) is 0 Å². The number of benzene rings is 3. The number of rotatable bonds is 11. The Balaban J connectivity index is 1.87. The number of aryl methyl sites for hydroxylation is 2. The van der Waals surface area contributed by atoms with Crippen molar-refractivity contribution in [3.05, 3.63) is 107 Å². The molecule has 0 aromatic heterocycles. The summed E-state index contributed by atoms with van der Waals surface area (Å²) in [4.78, 5) is 28.9. The minimum Gasteiger partial charge on any atom is -0.352 e. The maximum absolute atomic E-state index is 13.7. The summed E-state index contributed by atoms with van der Waals surface area (Å²) in [5.41, 5.74) is 5.64. The van der Waals surface area contributed by atoms with Crippen LogP contribution in [0.1, 0.15) is 67.9 Å². The van der Waals surface area contributed by atoms with Gasteiger partial charge in [0.15, 0.2) is 0 Å². The van der Waals surface area contributed by atoms with Gasteiger partial charge >= 0.3 is 0 Å². The predicted octanol–water partition coefficient (Wildman–Crippen LogP) is 6.22. The van der Waals surface area contributed by atoms with E-state index in [4.69, 9.17) is 0 Å². The van der Waals surface area contributed by atoms with Crippen molar-refractivity contribution in [3.8, 4) is 0 Å². The van der Waals surface area contributed by atoms with Gasteiger partial charge in [0, 0.05) is 25.4 Å². The van der Waals surface area contributed by atoms with E-state index in [-0.39, 0.29) is 17.9 Å². The summed E-state index contributed by atoms with van der Waals surface area (Å²) in [6, 6.07) is 26.0. The fraction of sp³-hybridized carbons (Fsp3) is 0.375. The molecule has 0 aliphatic carbocycles. The van der Waals surface area contributed by atoms with E-state index in [2.05, 4.69) is 55.6 Å². The van der Waals surface area contributed by atoms with E-state index in [0.29, 0.717) is 31.7 Å². The molecule has 190 valence electrons. The molecule has 0 saturated carbocycles. The number of carbonyl (C=O) groups is 2. The Kier molecular flexibility index (Phi) is 9.86. The Hall–Kier alpha value is -3.40. The van der Waals surface area contributed by atoms with Crippen molar-refractivity contribution in [1.29, 1.82) is 0 Å². The molecule has 3 rings (SSSR count). The lowest BCUT2D eigenvalue weighted by Gasteiger charge is -2.32. The molecule has 0 heterocycles. The molecule has 2 amide bonds. The van der Waals surface area contributed by atoms with Crippen LogP contribution in [0.2, 0.25) is 0 Å². The van der Waals surface area contributed by atoms with Crippen LogP contribution in [0, 0.1) is 6.92 Å². The Morgan fingerprint density at radius 3 is 1.97 bits per heavy atom. The first-order valence-electron chi connectivity index (χ1n) is 13.0. The van der Waals surface area contributed by atoms with Crippen LogP contribution in [-0.4, -0.2) is 28.8 Å². The number of carbonyl (C=O) groups excluding carboxylic acids is 2. The minimum absolute atomic E-state index is 0.00780. The highest BCUT2D eigenvalue weighted by atomic mass is 16.2. The van der Waals surface area contributed by atoms with E-state index in [0.717, 1.165) is 16.7 Å². The van der Waals surface area contributed by atoms with Gasteiger partial charge in [-0.05, 0) is 55.4 Å². The lowest BCUT2D eigenvalue weighted by molar-refractivity contribution is -0.141. The van der Waals surface area contributed by atoms with Crippen molar-refractivity contribution in [3.63, 3.8) is 0 Å². The van der Waals surface area contributed by atoms with Crippen LogP contribution in [0.5, 0.6) is 0 Å². The van der Waals surface area contributed by atoms with Gasteiger partial charge in [-0.3, -0.25) is 9.59 Å². The third kappa shape index (κ3) is 8.08.